The monoisotopic (exact) mass is 312 g/mol. The quantitative estimate of drug-likeness (QED) is 0.901. The molecule has 1 saturated heterocycles. The molecule has 1 aromatic rings. The summed E-state index contributed by atoms with van der Waals surface area (Å²) in [7, 11) is 0. The molecule has 4 heteroatoms. The van der Waals surface area contributed by atoms with Crippen LogP contribution in [0.5, 0.6) is 0 Å². The fourth-order valence-electron chi connectivity index (χ4n) is 2.82. The van der Waals surface area contributed by atoms with E-state index >= 15 is 0 Å². The summed E-state index contributed by atoms with van der Waals surface area (Å²) in [5.74, 6) is 0.431. The Morgan fingerprint density at radius 1 is 1.38 bits per heavy atom. The summed E-state index contributed by atoms with van der Waals surface area (Å²) in [6, 6.07) is 4.92. The number of nitrogens with zero attached hydrogens (tertiary/aromatic N) is 1. The lowest BCUT2D eigenvalue weighted by Crippen LogP contribution is -2.44. The van der Waals surface area contributed by atoms with E-state index in [0.29, 0.717) is 23.0 Å². The molecule has 0 saturated carbocycles. The van der Waals surface area contributed by atoms with E-state index in [4.69, 9.17) is 11.6 Å². The summed E-state index contributed by atoms with van der Waals surface area (Å²) < 4.78 is 13.9. The average Bonchev–Trinajstić information content (AvgIpc) is 2.41. The number of rotatable bonds is 4. The number of piperidine rings is 1. The Morgan fingerprint density at radius 3 is 2.81 bits per heavy atom. The van der Waals surface area contributed by atoms with E-state index in [1.165, 1.54) is 18.9 Å². The Kier molecular flexibility index (Phi) is 5.64. The number of benzene rings is 1. The van der Waals surface area contributed by atoms with E-state index in [9.17, 15) is 4.39 Å². The maximum absolute atomic E-state index is 13.9. The highest BCUT2D eigenvalue weighted by Crippen LogP contribution is 2.24. The molecule has 1 N–H and O–H groups in total. The van der Waals surface area contributed by atoms with Gasteiger partial charge in [-0.2, -0.15) is 0 Å². The van der Waals surface area contributed by atoms with Crippen LogP contribution in [0.15, 0.2) is 18.2 Å². The lowest BCUT2D eigenvalue weighted by atomic mass is 9.96. The molecule has 1 aromatic carbocycles. The van der Waals surface area contributed by atoms with Crippen molar-refractivity contribution in [2.75, 3.05) is 19.6 Å². The minimum absolute atomic E-state index is 0.150. The van der Waals surface area contributed by atoms with Gasteiger partial charge in [0.2, 0.25) is 0 Å². The Bertz CT molecular complexity index is 450. The van der Waals surface area contributed by atoms with Crippen LogP contribution in [0.3, 0.4) is 0 Å². The fourth-order valence-corrected chi connectivity index (χ4v) is 3.04. The molecule has 1 aliphatic heterocycles. The van der Waals surface area contributed by atoms with Gasteiger partial charge >= 0.3 is 0 Å². The summed E-state index contributed by atoms with van der Waals surface area (Å²) in [5.41, 5.74) is 0.778. The highest BCUT2D eigenvalue weighted by molar-refractivity contribution is 6.31. The van der Waals surface area contributed by atoms with E-state index in [0.717, 1.165) is 19.6 Å². The topological polar surface area (TPSA) is 15.3 Å². The predicted molar refractivity (Wildman–Crippen MR) is 87.2 cm³/mol. The van der Waals surface area contributed by atoms with E-state index < -0.39 is 0 Å². The number of likely N-dealkylation sites (tertiary alicyclic amines) is 1. The molecule has 2 nitrogen and oxygen atoms in total. The van der Waals surface area contributed by atoms with Crippen molar-refractivity contribution in [3.05, 3.63) is 34.6 Å². The highest BCUT2D eigenvalue weighted by Gasteiger charge is 2.22. The first kappa shape index (κ1) is 16.7. The third-order valence-electron chi connectivity index (χ3n) is 3.97. The van der Waals surface area contributed by atoms with Gasteiger partial charge in [0.1, 0.15) is 5.82 Å². The Balaban J connectivity index is 1.92. The molecule has 118 valence electrons. The molecule has 0 amide bonds. The van der Waals surface area contributed by atoms with Gasteiger partial charge in [-0.15, -0.1) is 0 Å². The van der Waals surface area contributed by atoms with Gasteiger partial charge in [-0.1, -0.05) is 17.7 Å². The zero-order valence-corrected chi connectivity index (χ0v) is 14.0. The molecule has 0 spiro atoms. The molecule has 21 heavy (non-hydrogen) atoms. The Morgan fingerprint density at radius 2 is 2.14 bits per heavy atom. The lowest BCUT2D eigenvalue weighted by Gasteiger charge is -2.34. The van der Waals surface area contributed by atoms with Crippen LogP contribution in [0.4, 0.5) is 4.39 Å². The summed E-state index contributed by atoms with van der Waals surface area (Å²) in [5, 5.41) is 4.10. The molecule has 1 unspecified atom stereocenters. The number of nitrogens with one attached hydrogen (secondary N) is 1. The summed E-state index contributed by atoms with van der Waals surface area (Å²) in [4.78, 5) is 2.32. The fraction of sp³-hybridized carbons (Fsp3) is 0.647. The molecule has 0 radical (unpaired) electrons. The van der Waals surface area contributed by atoms with Crippen LogP contribution in [0.1, 0.15) is 39.2 Å². The number of hydrogen-bond donors (Lipinski definition) is 1. The minimum atomic E-state index is -0.197. The van der Waals surface area contributed by atoms with Gasteiger partial charge in [0, 0.05) is 29.2 Å². The largest absolute Gasteiger partial charge is 0.312 e. The first-order valence-electron chi connectivity index (χ1n) is 7.75. The average molecular weight is 313 g/mol. The Hall–Kier alpha value is -0.640. The minimum Gasteiger partial charge on any atom is -0.312 e. The predicted octanol–water partition coefficient (Wildman–Crippen LogP) is 4.08. The first-order valence-corrected chi connectivity index (χ1v) is 8.13. The van der Waals surface area contributed by atoms with E-state index in [2.05, 4.69) is 31.0 Å². The van der Waals surface area contributed by atoms with Crippen molar-refractivity contribution in [1.29, 1.82) is 0 Å². The second kappa shape index (κ2) is 7.08. The molecule has 0 aliphatic carbocycles. The zero-order valence-electron chi connectivity index (χ0n) is 13.3. The summed E-state index contributed by atoms with van der Waals surface area (Å²) in [6.07, 6.45) is 2.41. The summed E-state index contributed by atoms with van der Waals surface area (Å²) in [6.45, 7) is 10.2. The van der Waals surface area contributed by atoms with Crippen LogP contribution in [0.2, 0.25) is 5.02 Å². The van der Waals surface area contributed by atoms with Crippen molar-refractivity contribution >= 4 is 11.6 Å². The summed E-state index contributed by atoms with van der Waals surface area (Å²) >= 11 is 6.13. The van der Waals surface area contributed by atoms with Crippen LogP contribution < -0.4 is 5.32 Å². The van der Waals surface area contributed by atoms with Crippen molar-refractivity contribution in [2.45, 2.75) is 45.7 Å². The third-order valence-corrected chi connectivity index (χ3v) is 4.32. The SMILES string of the molecule is CC(C)(C)NCC1CCCN(Cc2c(F)cccc2Cl)C1. The van der Waals surface area contributed by atoms with E-state index in [1.54, 1.807) is 12.1 Å². The van der Waals surface area contributed by atoms with Crippen LogP contribution in [-0.2, 0) is 6.54 Å². The van der Waals surface area contributed by atoms with E-state index in [1.807, 2.05) is 0 Å². The zero-order chi connectivity index (χ0) is 15.5. The molecule has 1 aliphatic rings. The van der Waals surface area contributed by atoms with Crippen molar-refractivity contribution < 1.29 is 4.39 Å². The standard InChI is InChI=1S/C17H26ClFN2/c1-17(2,3)20-10-13-6-5-9-21(11-13)12-14-15(18)7-4-8-16(14)19/h4,7-8,13,20H,5-6,9-12H2,1-3H3. The van der Waals surface area contributed by atoms with Crippen molar-refractivity contribution in [2.24, 2.45) is 5.92 Å². The normalized spacial score (nSPS) is 20.7. The van der Waals surface area contributed by atoms with Gasteiger partial charge in [0.15, 0.2) is 0 Å². The van der Waals surface area contributed by atoms with Crippen LogP contribution in [0.25, 0.3) is 0 Å². The third kappa shape index (κ3) is 5.24. The maximum atomic E-state index is 13.9. The van der Waals surface area contributed by atoms with Crippen molar-refractivity contribution in [3.8, 4) is 0 Å². The molecular weight excluding hydrogens is 287 g/mol. The first-order chi connectivity index (χ1) is 9.85. The van der Waals surface area contributed by atoms with Gasteiger partial charge < -0.3 is 5.32 Å². The van der Waals surface area contributed by atoms with Gasteiger partial charge in [-0.3, -0.25) is 4.90 Å². The molecule has 1 heterocycles. The van der Waals surface area contributed by atoms with Crippen LogP contribution >= 0.6 is 11.6 Å². The van der Waals surface area contributed by atoms with Gasteiger partial charge in [0.05, 0.1) is 0 Å². The molecule has 2 rings (SSSR count). The molecule has 0 bridgehead atoms. The molecular formula is C17H26ClFN2. The smallest absolute Gasteiger partial charge is 0.129 e. The van der Waals surface area contributed by atoms with Gasteiger partial charge in [-0.25, -0.2) is 4.39 Å². The Labute approximate surface area is 132 Å². The lowest BCUT2D eigenvalue weighted by molar-refractivity contribution is 0.158. The second-order valence-electron chi connectivity index (χ2n) is 7.07. The van der Waals surface area contributed by atoms with Gasteiger partial charge in [0.25, 0.3) is 0 Å². The van der Waals surface area contributed by atoms with Crippen molar-refractivity contribution in [1.82, 2.24) is 10.2 Å². The maximum Gasteiger partial charge on any atom is 0.129 e. The van der Waals surface area contributed by atoms with Crippen LogP contribution in [-0.4, -0.2) is 30.1 Å². The van der Waals surface area contributed by atoms with Crippen molar-refractivity contribution in [3.63, 3.8) is 0 Å². The molecule has 1 atom stereocenters. The highest BCUT2D eigenvalue weighted by atomic mass is 35.5. The van der Waals surface area contributed by atoms with E-state index in [-0.39, 0.29) is 11.4 Å². The number of hydrogen-bond acceptors (Lipinski definition) is 2. The second-order valence-corrected chi connectivity index (χ2v) is 7.48. The van der Waals surface area contributed by atoms with Gasteiger partial charge in [-0.05, 0) is 64.8 Å². The number of halogens is 2. The molecule has 0 aromatic heterocycles. The molecule has 1 fully saturated rings. The van der Waals surface area contributed by atoms with Crippen LogP contribution in [0, 0.1) is 11.7 Å².